The molecule has 1 aliphatic heterocycles. The van der Waals surface area contributed by atoms with Crippen molar-refractivity contribution in [3.63, 3.8) is 0 Å². The molecule has 124 valence electrons. The molecule has 0 atom stereocenters. The van der Waals surface area contributed by atoms with E-state index in [-0.39, 0.29) is 0 Å². The molecule has 1 heterocycles. The van der Waals surface area contributed by atoms with Crippen LogP contribution in [0.25, 0.3) is 0 Å². The molecule has 3 rings (SSSR count). The summed E-state index contributed by atoms with van der Waals surface area (Å²) in [6.45, 7) is 6.71. The fraction of sp³-hybridized carbons (Fsp3) is 0.368. The quantitative estimate of drug-likeness (QED) is 0.839. The maximum Gasteiger partial charge on any atom is 0.0367 e. The zero-order chi connectivity index (χ0) is 16.3. The molecule has 0 radical (unpaired) electrons. The van der Waals surface area contributed by atoms with E-state index in [9.17, 15) is 0 Å². The number of nitrogens with one attached hydrogen (secondary N) is 1. The number of hydrogen-bond donors (Lipinski definition) is 2. The number of nitrogens with zero attached hydrogens (tertiary/aromatic N) is 1. The number of nitrogens with two attached hydrogens (primary N) is 1. The molecule has 0 saturated carbocycles. The number of rotatable bonds is 4. The second kappa shape index (κ2) is 10.3. The monoisotopic (exact) mass is 329 g/mol. The zero-order valence-corrected chi connectivity index (χ0v) is 14.7. The van der Waals surface area contributed by atoms with Crippen LogP contribution in [0.5, 0.6) is 0 Å². The van der Waals surface area contributed by atoms with Gasteiger partial charge in [-0.25, -0.2) is 0 Å². The Morgan fingerprint density at radius 2 is 1.65 bits per heavy atom. The highest BCUT2D eigenvalue weighted by molar-refractivity contribution is 7.97. The Morgan fingerprint density at radius 1 is 1.00 bits per heavy atom. The van der Waals surface area contributed by atoms with E-state index in [1.54, 1.807) is 0 Å². The van der Waals surface area contributed by atoms with Gasteiger partial charge in [0.05, 0.1) is 0 Å². The predicted molar refractivity (Wildman–Crippen MR) is 102 cm³/mol. The van der Waals surface area contributed by atoms with Crippen molar-refractivity contribution in [2.75, 3.05) is 31.1 Å². The summed E-state index contributed by atoms with van der Waals surface area (Å²) < 4.78 is 0. The lowest BCUT2D eigenvalue weighted by Crippen LogP contribution is -2.43. The molecule has 3 N–H and O–H groups in total. The van der Waals surface area contributed by atoms with Crippen molar-refractivity contribution in [3.05, 3.63) is 60.2 Å². The summed E-state index contributed by atoms with van der Waals surface area (Å²) in [4.78, 5) is 3.55. The van der Waals surface area contributed by atoms with Gasteiger partial charge in [0.25, 0.3) is 0 Å². The molecule has 0 amide bonds. The number of benzene rings is 2. The lowest BCUT2D eigenvalue weighted by Gasteiger charge is -2.29. The van der Waals surface area contributed by atoms with Crippen LogP contribution in [0.3, 0.4) is 0 Å². The minimum Gasteiger partial charge on any atom is -0.369 e. The van der Waals surface area contributed by atoms with Gasteiger partial charge >= 0.3 is 0 Å². The first kappa shape index (κ1) is 17.9. The molecule has 0 aliphatic carbocycles. The normalized spacial score (nSPS) is 14.1. The maximum absolute atomic E-state index is 5.27. The Labute approximate surface area is 144 Å². The van der Waals surface area contributed by atoms with Crippen molar-refractivity contribution < 1.29 is 0 Å². The van der Waals surface area contributed by atoms with Gasteiger partial charge < -0.3 is 10.2 Å². The minimum absolute atomic E-state index is 1.10. The summed E-state index contributed by atoms with van der Waals surface area (Å²) in [5.74, 6) is 0. The molecule has 0 aromatic heterocycles. The lowest BCUT2D eigenvalue weighted by molar-refractivity contribution is 0.589. The van der Waals surface area contributed by atoms with E-state index in [1.807, 2.05) is 30.3 Å². The first-order chi connectivity index (χ1) is 11.3. The van der Waals surface area contributed by atoms with Crippen molar-refractivity contribution in [1.82, 2.24) is 5.32 Å². The van der Waals surface area contributed by atoms with Gasteiger partial charge in [-0.15, -0.1) is 0 Å². The maximum atomic E-state index is 5.27. The Bertz CT molecular complexity index is 536. The van der Waals surface area contributed by atoms with Crippen LogP contribution in [-0.4, -0.2) is 26.2 Å². The SMILES string of the molecule is CCCc1ccc(N2CCNCC2)cc1.NSc1ccccc1. The molecule has 1 aliphatic rings. The van der Waals surface area contributed by atoms with Crippen molar-refractivity contribution in [1.29, 1.82) is 0 Å². The second-order valence-electron chi connectivity index (χ2n) is 5.58. The molecule has 1 saturated heterocycles. The van der Waals surface area contributed by atoms with Crippen molar-refractivity contribution >= 4 is 17.6 Å². The van der Waals surface area contributed by atoms with Crippen LogP contribution in [0.15, 0.2) is 59.5 Å². The van der Waals surface area contributed by atoms with Crippen LogP contribution >= 0.6 is 11.9 Å². The first-order valence-corrected chi connectivity index (χ1v) is 9.18. The van der Waals surface area contributed by atoms with Gasteiger partial charge in [0.1, 0.15) is 0 Å². The summed E-state index contributed by atoms with van der Waals surface area (Å²) in [7, 11) is 0. The summed E-state index contributed by atoms with van der Waals surface area (Å²) in [5.41, 5.74) is 2.83. The highest BCUT2D eigenvalue weighted by Gasteiger charge is 2.09. The average molecular weight is 330 g/mol. The predicted octanol–water partition coefficient (Wildman–Crippen LogP) is 3.70. The summed E-state index contributed by atoms with van der Waals surface area (Å²) in [6.07, 6.45) is 2.43. The van der Waals surface area contributed by atoms with Gasteiger partial charge in [0, 0.05) is 36.8 Å². The highest BCUT2D eigenvalue weighted by Crippen LogP contribution is 2.16. The Balaban J connectivity index is 0.000000203. The van der Waals surface area contributed by atoms with Gasteiger partial charge in [-0.2, -0.15) is 0 Å². The number of piperazine rings is 1. The lowest BCUT2D eigenvalue weighted by atomic mass is 10.1. The molecule has 0 unspecified atom stereocenters. The molecule has 4 heteroatoms. The standard InChI is InChI=1S/C13H20N2.C6H7NS/c1-2-3-12-4-6-13(7-5-12)15-10-8-14-9-11-15;7-8-6-4-2-1-3-5-6/h4-7,14H,2-3,8-11H2,1H3;1-5H,7H2. The van der Waals surface area contributed by atoms with Gasteiger partial charge in [-0.1, -0.05) is 43.7 Å². The molecule has 3 nitrogen and oxygen atoms in total. The van der Waals surface area contributed by atoms with Gasteiger partial charge in [0.15, 0.2) is 0 Å². The third-order valence-electron chi connectivity index (χ3n) is 3.84. The third kappa shape index (κ3) is 6.26. The van der Waals surface area contributed by atoms with Crippen LogP contribution in [0, 0.1) is 0 Å². The van der Waals surface area contributed by atoms with E-state index in [0.717, 1.165) is 31.1 Å². The third-order valence-corrected chi connectivity index (χ3v) is 4.38. The van der Waals surface area contributed by atoms with Crippen molar-refractivity contribution in [3.8, 4) is 0 Å². The molecule has 23 heavy (non-hydrogen) atoms. The van der Waals surface area contributed by atoms with Crippen LogP contribution < -0.4 is 15.4 Å². The van der Waals surface area contributed by atoms with Gasteiger partial charge in [-0.3, -0.25) is 5.14 Å². The molecular formula is C19H27N3S. The van der Waals surface area contributed by atoms with Crippen LogP contribution in [0.4, 0.5) is 5.69 Å². The Kier molecular flexibility index (Phi) is 8.01. The molecule has 2 aromatic carbocycles. The van der Waals surface area contributed by atoms with Crippen molar-refractivity contribution in [2.45, 2.75) is 24.7 Å². The zero-order valence-electron chi connectivity index (χ0n) is 13.9. The second-order valence-corrected chi connectivity index (χ2v) is 6.29. The van der Waals surface area contributed by atoms with Crippen LogP contribution in [-0.2, 0) is 6.42 Å². The van der Waals surface area contributed by atoms with Crippen LogP contribution in [0.2, 0.25) is 0 Å². The van der Waals surface area contributed by atoms with E-state index in [4.69, 9.17) is 5.14 Å². The smallest absolute Gasteiger partial charge is 0.0367 e. The molecule has 0 bridgehead atoms. The van der Waals surface area contributed by atoms with E-state index >= 15 is 0 Å². The Morgan fingerprint density at radius 3 is 2.17 bits per heavy atom. The summed E-state index contributed by atoms with van der Waals surface area (Å²) >= 11 is 1.27. The Hall–Kier alpha value is -1.49. The fourth-order valence-electron chi connectivity index (χ4n) is 2.58. The van der Waals surface area contributed by atoms with E-state index < -0.39 is 0 Å². The summed E-state index contributed by atoms with van der Waals surface area (Å²) in [5, 5.41) is 8.64. The van der Waals surface area contributed by atoms with E-state index in [2.05, 4.69) is 41.4 Å². The molecule has 1 fully saturated rings. The fourth-order valence-corrected chi connectivity index (χ4v) is 2.90. The molecule has 0 spiro atoms. The highest BCUT2D eigenvalue weighted by atomic mass is 32.2. The minimum atomic E-state index is 1.10. The number of hydrogen-bond acceptors (Lipinski definition) is 4. The van der Waals surface area contributed by atoms with E-state index in [0.29, 0.717) is 0 Å². The van der Waals surface area contributed by atoms with Gasteiger partial charge in [-0.05, 0) is 48.2 Å². The molecular weight excluding hydrogens is 302 g/mol. The first-order valence-electron chi connectivity index (χ1n) is 8.30. The van der Waals surface area contributed by atoms with Gasteiger partial charge in [0.2, 0.25) is 0 Å². The summed E-state index contributed by atoms with van der Waals surface area (Å²) in [6, 6.07) is 18.9. The number of aryl methyl sites for hydroxylation is 1. The van der Waals surface area contributed by atoms with Crippen molar-refractivity contribution in [2.24, 2.45) is 5.14 Å². The van der Waals surface area contributed by atoms with Crippen LogP contribution in [0.1, 0.15) is 18.9 Å². The topological polar surface area (TPSA) is 41.3 Å². The number of anilines is 1. The average Bonchev–Trinajstić information content (AvgIpc) is 2.65. The largest absolute Gasteiger partial charge is 0.369 e. The van der Waals surface area contributed by atoms with E-state index in [1.165, 1.54) is 36.0 Å². The molecule has 2 aromatic rings.